The average molecular weight is 403 g/mol. The van der Waals surface area contributed by atoms with Crippen LogP contribution < -0.4 is 10.1 Å². The molecule has 0 unspecified atom stereocenters. The van der Waals surface area contributed by atoms with Crippen LogP contribution >= 0.6 is 39.1 Å². The van der Waals surface area contributed by atoms with Gasteiger partial charge in [-0.2, -0.15) is 0 Å². The van der Waals surface area contributed by atoms with Crippen molar-refractivity contribution >= 4 is 50.7 Å². The first kappa shape index (κ1) is 17.1. The molecule has 3 nitrogen and oxygen atoms in total. The molecule has 0 saturated carbocycles. The molecule has 2 aromatic rings. The lowest BCUT2D eigenvalue weighted by molar-refractivity contribution is -0.118. The van der Waals surface area contributed by atoms with E-state index >= 15 is 0 Å². The number of ether oxygens (including phenoxy) is 1. The Labute approximate surface area is 147 Å². The first-order valence-corrected chi connectivity index (χ1v) is 8.06. The third kappa shape index (κ3) is 4.38. The van der Waals surface area contributed by atoms with Gasteiger partial charge in [0.2, 0.25) is 0 Å². The first-order valence-electron chi connectivity index (χ1n) is 6.51. The van der Waals surface area contributed by atoms with Crippen LogP contribution in [0.15, 0.2) is 34.8 Å². The molecule has 0 aliphatic carbocycles. The third-order valence-corrected chi connectivity index (χ3v) is 4.19. The smallest absolute Gasteiger partial charge is 0.262 e. The summed E-state index contributed by atoms with van der Waals surface area (Å²) in [7, 11) is 0. The fourth-order valence-corrected chi connectivity index (χ4v) is 3.19. The summed E-state index contributed by atoms with van der Waals surface area (Å²) in [6, 6.07) is 8.94. The zero-order chi connectivity index (χ0) is 16.3. The second kappa shape index (κ2) is 7.36. The van der Waals surface area contributed by atoms with Crippen LogP contribution in [0.25, 0.3) is 0 Å². The van der Waals surface area contributed by atoms with Gasteiger partial charge in [-0.1, -0.05) is 29.3 Å². The van der Waals surface area contributed by atoms with E-state index in [-0.39, 0.29) is 12.5 Å². The fraction of sp³-hybridized carbons (Fsp3) is 0.188. The Bertz CT molecular complexity index is 696. The number of halogens is 3. The molecule has 0 aromatic heterocycles. The number of aryl methyl sites for hydroxylation is 2. The maximum atomic E-state index is 12.0. The molecular weight excluding hydrogens is 389 g/mol. The lowest BCUT2D eigenvalue weighted by atomic mass is 10.1. The molecule has 0 radical (unpaired) electrons. The summed E-state index contributed by atoms with van der Waals surface area (Å²) >= 11 is 15.2. The Morgan fingerprint density at radius 2 is 1.91 bits per heavy atom. The molecule has 0 bridgehead atoms. The first-order chi connectivity index (χ1) is 10.4. The summed E-state index contributed by atoms with van der Waals surface area (Å²) in [6.45, 7) is 3.86. The van der Waals surface area contributed by atoms with E-state index in [1.54, 1.807) is 12.1 Å². The Morgan fingerprint density at radius 3 is 2.55 bits per heavy atom. The monoisotopic (exact) mass is 401 g/mol. The zero-order valence-electron chi connectivity index (χ0n) is 12.0. The molecule has 2 rings (SSSR count). The van der Waals surface area contributed by atoms with Gasteiger partial charge in [-0.3, -0.25) is 4.79 Å². The predicted octanol–water partition coefficient (Wildman–Crippen LogP) is 5.39. The van der Waals surface area contributed by atoms with Crippen molar-refractivity contribution in [3.8, 4) is 5.75 Å². The van der Waals surface area contributed by atoms with Gasteiger partial charge in [0.1, 0.15) is 0 Å². The highest BCUT2D eigenvalue weighted by Gasteiger charge is 2.11. The molecule has 0 spiro atoms. The van der Waals surface area contributed by atoms with E-state index in [0.717, 1.165) is 11.3 Å². The molecule has 0 saturated heterocycles. The lowest BCUT2D eigenvalue weighted by Gasteiger charge is -2.11. The number of rotatable bonds is 4. The van der Waals surface area contributed by atoms with Crippen molar-refractivity contribution in [2.24, 2.45) is 0 Å². The third-order valence-electron chi connectivity index (χ3n) is 3.10. The normalized spacial score (nSPS) is 10.4. The molecule has 0 aliphatic rings. The van der Waals surface area contributed by atoms with Crippen molar-refractivity contribution in [2.75, 3.05) is 11.9 Å². The summed E-state index contributed by atoms with van der Waals surface area (Å²) in [5.41, 5.74) is 3.02. The van der Waals surface area contributed by atoms with Gasteiger partial charge in [-0.25, -0.2) is 0 Å². The predicted molar refractivity (Wildman–Crippen MR) is 94.2 cm³/mol. The zero-order valence-corrected chi connectivity index (χ0v) is 15.1. The van der Waals surface area contributed by atoms with E-state index in [9.17, 15) is 4.79 Å². The summed E-state index contributed by atoms with van der Waals surface area (Å²) in [5.74, 6) is 0.127. The number of carbonyl (C=O) groups is 1. The molecule has 22 heavy (non-hydrogen) atoms. The summed E-state index contributed by atoms with van der Waals surface area (Å²) < 4.78 is 6.06. The van der Waals surface area contributed by atoms with Gasteiger partial charge in [0.25, 0.3) is 5.91 Å². The fourth-order valence-electron chi connectivity index (χ4n) is 1.82. The maximum absolute atomic E-state index is 12.0. The van der Waals surface area contributed by atoms with E-state index < -0.39 is 0 Å². The van der Waals surface area contributed by atoms with Crippen LogP contribution in [0.3, 0.4) is 0 Å². The average Bonchev–Trinajstić information content (AvgIpc) is 2.41. The quantitative estimate of drug-likeness (QED) is 0.744. The van der Waals surface area contributed by atoms with Crippen LogP contribution in [0.4, 0.5) is 5.69 Å². The molecule has 0 fully saturated rings. The van der Waals surface area contributed by atoms with Crippen LogP contribution in [-0.4, -0.2) is 12.5 Å². The Morgan fingerprint density at radius 1 is 1.18 bits per heavy atom. The number of anilines is 1. The topological polar surface area (TPSA) is 38.3 Å². The maximum Gasteiger partial charge on any atom is 0.262 e. The lowest BCUT2D eigenvalue weighted by Crippen LogP contribution is -2.20. The van der Waals surface area contributed by atoms with Gasteiger partial charge in [0, 0.05) is 10.7 Å². The number of amides is 1. The SMILES string of the molecule is Cc1ccc(NC(=O)COc2c(Cl)cc(Cl)cc2Br)cc1C. The van der Waals surface area contributed by atoms with Crippen molar-refractivity contribution in [3.63, 3.8) is 0 Å². The molecule has 116 valence electrons. The van der Waals surface area contributed by atoms with Gasteiger partial charge in [0.05, 0.1) is 9.50 Å². The summed E-state index contributed by atoms with van der Waals surface area (Å²) in [6.07, 6.45) is 0. The second-order valence-electron chi connectivity index (χ2n) is 4.83. The highest BCUT2D eigenvalue weighted by atomic mass is 79.9. The molecule has 0 aliphatic heterocycles. The number of hydrogen-bond acceptors (Lipinski definition) is 2. The van der Waals surface area contributed by atoms with E-state index in [4.69, 9.17) is 27.9 Å². The molecule has 0 atom stereocenters. The second-order valence-corrected chi connectivity index (χ2v) is 6.53. The minimum absolute atomic E-state index is 0.146. The van der Waals surface area contributed by atoms with Crippen molar-refractivity contribution < 1.29 is 9.53 Å². The van der Waals surface area contributed by atoms with Crippen molar-refractivity contribution in [2.45, 2.75) is 13.8 Å². The van der Waals surface area contributed by atoms with Crippen LogP contribution in [0.5, 0.6) is 5.75 Å². The van der Waals surface area contributed by atoms with Crippen molar-refractivity contribution in [3.05, 3.63) is 56.0 Å². The van der Waals surface area contributed by atoms with E-state index in [1.807, 2.05) is 32.0 Å². The van der Waals surface area contributed by atoms with Crippen molar-refractivity contribution in [1.29, 1.82) is 0 Å². The van der Waals surface area contributed by atoms with Crippen LogP contribution in [-0.2, 0) is 4.79 Å². The molecular formula is C16H14BrCl2NO2. The van der Waals surface area contributed by atoms with E-state index in [0.29, 0.717) is 20.3 Å². The largest absolute Gasteiger partial charge is 0.481 e. The molecule has 2 aromatic carbocycles. The highest BCUT2D eigenvalue weighted by molar-refractivity contribution is 9.10. The number of nitrogens with one attached hydrogen (secondary N) is 1. The molecule has 1 N–H and O–H groups in total. The van der Waals surface area contributed by atoms with Gasteiger partial charge < -0.3 is 10.1 Å². The minimum atomic E-state index is -0.263. The van der Waals surface area contributed by atoms with Gasteiger partial charge >= 0.3 is 0 Å². The molecule has 1 amide bonds. The standard InChI is InChI=1S/C16H14BrCl2NO2/c1-9-3-4-12(5-10(9)2)20-15(21)8-22-16-13(17)6-11(18)7-14(16)19/h3-7H,8H2,1-2H3,(H,20,21). The van der Waals surface area contributed by atoms with E-state index in [2.05, 4.69) is 21.2 Å². The number of hydrogen-bond donors (Lipinski definition) is 1. The summed E-state index contributed by atoms with van der Waals surface area (Å²) in [4.78, 5) is 12.0. The Kier molecular flexibility index (Phi) is 5.73. The highest BCUT2D eigenvalue weighted by Crippen LogP contribution is 2.36. The van der Waals surface area contributed by atoms with Gasteiger partial charge in [-0.05, 0) is 65.2 Å². The van der Waals surface area contributed by atoms with Gasteiger partial charge in [-0.15, -0.1) is 0 Å². The Hall–Kier alpha value is -1.23. The van der Waals surface area contributed by atoms with Crippen LogP contribution in [0.2, 0.25) is 10.0 Å². The minimum Gasteiger partial charge on any atom is -0.481 e. The Balaban J connectivity index is 2.00. The number of carbonyl (C=O) groups excluding carboxylic acids is 1. The van der Waals surface area contributed by atoms with Crippen LogP contribution in [0.1, 0.15) is 11.1 Å². The van der Waals surface area contributed by atoms with Crippen molar-refractivity contribution in [1.82, 2.24) is 0 Å². The van der Waals surface area contributed by atoms with Gasteiger partial charge in [0.15, 0.2) is 12.4 Å². The number of benzene rings is 2. The molecule has 6 heteroatoms. The van der Waals surface area contributed by atoms with E-state index in [1.165, 1.54) is 5.56 Å². The van der Waals surface area contributed by atoms with Crippen LogP contribution in [0, 0.1) is 13.8 Å². The molecule has 0 heterocycles. The summed E-state index contributed by atoms with van der Waals surface area (Å²) in [5, 5.41) is 3.62.